The first-order valence-corrected chi connectivity index (χ1v) is 42.2. The van der Waals surface area contributed by atoms with E-state index in [9.17, 15) is 46.8 Å². The van der Waals surface area contributed by atoms with Crippen molar-refractivity contribution in [3.63, 3.8) is 0 Å². The van der Waals surface area contributed by atoms with Crippen molar-refractivity contribution in [2.24, 2.45) is 46.5 Å². The van der Waals surface area contributed by atoms with Gasteiger partial charge in [0.05, 0.1) is 123 Å². The van der Waals surface area contributed by atoms with Gasteiger partial charge in [-0.2, -0.15) is 40.8 Å². The number of aromatic amines is 1. The highest BCUT2D eigenvalue weighted by molar-refractivity contribution is 9.10. The number of amides is 7. The third-order valence-corrected chi connectivity index (χ3v) is 19.2. The lowest BCUT2D eigenvalue weighted by Crippen LogP contribution is -2.46. The molecule has 0 aliphatic carbocycles. The van der Waals surface area contributed by atoms with Gasteiger partial charge in [-0.05, 0) is 213 Å². The van der Waals surface area contributed by atoms with Gasteiger partial charge in [-0.15, -0.1) is 5.10 Å². The summed E-state index contributed by atoms with van der Waals surface area (Å²) in [6.07, 6.45) is 19.8. The first-order valence-electron chi connectivity index (χ1n) is 38.2. The first kappa shape index (κ1) is 100.0. The highest BCUT2D eigenvalue weighted by Gasteiger charge is 2.33. The van der Waals surface area contributed by atoms with Crippen molar-refractivity contribution in [1.82, 2.24) is 53.4 Å². The van der Waals surface area contributed by atoms with Crippen LogP contribution in [0.2, 0.25) is 0 Å². The summed E-state index contributed by atoms with van der Waals surface area (Å²) in [6.45, 7) is 8.38. The Labute approximate surface area is 764 Å². The molecular weight excluding hydrogens is 1830 g/mol. The van der Waals surface area contributed by atoms with Crippen LogP contribution < -0.4 is 62.7 Å². The third-order valence-electron chi connectivity index (χ3n) is 16.0. The average molecular weight is 1910 g/mol. The first-order chi connectivity index (χ1) is 63.1. The number of carbonyl (C=O) groups is 8. The Morgan fingerprint density at radius 2 is 1.11 bits per heavy atom. The van der Waals surface area contributed by atoms with Crippen LogP contribution >= 0.6 is 39.9 Å². The lowest BCUT2D eigenvalue weighted by atomic mass is 10.1. The number of nitrogens with one attached hydrogen (secondary N) is 9. The van der Waals surface area contributed by atoms with Crippen LogP contribution in [-0.4, -0.2) is 163 Å². The number of hydrogen-bond donors (Lipinski definition) is 11. The van der Waals surface area contributed by atoms with Gasteiger partial charge in [-0.25, -0.2) is 35.5 Å². The zero-order valence-electron chi connectivity index (χ0n) is 70.4. The molecule has 7 amide bonds. The number of aryl methyl sites for hydroxylation is 4. The summed E-state index contributed by atoms with van der Waals surface area (Å²) in [5.74, 6) is 3.42. The van der Waals surface area contributed by atoms with Crippen LogP contribution in [0.4, 0.5) is 5.69 Å². The Balaban J connectivity index is 0.000000190. The summed E-state index contributed by atoms with van der Waals surface area (Å²) < 4.78 is 77.4. The summed E-state index contributed by atoms with van der Waals surface area (Å²) in [7, 11) is -2.18. The second-order valence-electron chi connectivity index (χ2n) is 26.0. The van der Waals surface area contributed by atoms with E-state index in [1.807, 2.05) is 62.4 Å². The molecule has 10 heterocycles. The molecule has 1 aliphatic heterocycles. The number of amidine groups is 1. The summed E-state index contributed by atoms with van der Waals surface area (Å²) in [6, 6.07) is 53.3. The van der Waals surface area contributed by atoms with Gasteiger partial charge in [0.2, 0.25) is 15.9 Å². The van der Waals surface area contributed by atoms with Crippen LogP contribution in [-0.2, 0) is 34.0 Å². The Hall–Kier alpha value is -16.4. The number of sulfonamides is 1. The molecule has 45 heteroatoms. The Morgan fingerprint density at radius 3 is 1.60 bits per heavy atom. The zero-order valence-corrected chi connectivity index (χ0v) is 74.5. The van der Waals surface area contributed by atoms with E-state index in [0.717, 1.165) is 49.0 Å². The number of methoxy groups -OCH3 is 1. The number of aliphatic carboxylic acids is 1. The number of thiocarbonyl (C=S) groups is 1. The van der Waals surface area contributed by atoms with Crippen molar-refractivity contribution < 1.29 is 96.7 Å². The number of nitrogens with zero attached hydrogens (tertiary/aromatic N) is 10. The molecule has 1 fully saturated rings. The highest BCUT2D eigenvalue weighted by atomic mass is 79.9. The number of hydrogen-bond acceptors (Lipinski definition) is 31. The number of benzene rings is 4. The number of fused-ring (bicyclic) bond motifs is 1. The standard InChI is InChI=1S/C17H13BrN2O3.C16H19N3O5S.C14H13N3O3.C13H14N2O3.C10H10N4O2.C10H9N3O4S.C6H7N3OS/c18-17-14-6-2-1-4-12(14)7-8-15(17)23-11-16(21)20-19-10-13-5-3-9-22-13;1-12(16(20)18-17-11-15-5-4-10-24-15)19(25(3,21)22)13-6-8-14(23-2)9-7-13;18-13(17-16-9-12-7-4-8-20-12)10-15-14(19)11-5-2-1-3-6-11;1-8-4-5-11(18-8)7-14-15-13(16)12-6-9(2)17-10(12)3;1-7-5-9(13-12-7)10(15)14-11-6-8-3-2-4-16-8;14-8(15)4-7-9(16)12-10(18-7)13-11-5-6-2-1-3-17-6;7-6(11)9-8-4-5-2-1-3-10-5/h1-10H,11H2,(H,20,21);4-12H,1-3H3,(H,18,20);1-9H,10H2,(H,15,19)(H,17,18);4-7H,1-3H3,(H,15,16);2-6H,1H3,(H,12,13)(H,14,15);1-3,5,7H,4H2,(H,14,15)(H,12,13,16);1-4H,(H3,7,9,11)/b19-10+;17-11+;16-9+;14-7+;11-6+;11-5+;8-4+. The molecule has 1 aliphatic rings. The fourth-order valence-electron chi connectivity index (χ4n) is 10.1. The maximum atomic E-state index is 12.3. The molecule has 2 unspecified atom stereocenters. The molecule has 131 heavy (non-hydrogen) atoms. The van der Waals surface area contributed by atoms with E-state index >= 15 is 0 Å². The van der Waals surface area contributed by atoms with Crippen LogP contribution in [0.1, 0.15) is 108 Å². The summed E-state index contributed by atoms with van der Waals surface area (Å²) in [5, 5.41) is 51.9. The number of carboxylic acid groups (broad SMARTS) is 1. The Kier molecular flexibility index (Phi) is 40.6. The molecule has 0 radical (unpaired) electrons. The third kappa shape index (κ3) is 36.2. The normalized spacial score (nSPS) is 12.6. The van der Waals surface area contributed by atoms with Gasteiger partial charge in [-0.1, -0.05) is 60.3 Å². The van der Waals surface area contributed by atoms with Crippen molar-refractivity contribution in [1.29, 1.82) is 0 Å². The Bertz CT molecular complexity index is 6190. The number of carbonyl (C=O) groups excluding carboxylic acids is 7. The van der Waals surface area contributed by atoms with E-state index in [2.05, 4.69) is 122 Å². The van der Waals surface area contributed by atoms with Crippen molar-refractivity contribution in [2.75, 3.05) is 30.8 Å². The molecule has 0 bridgehead atoms. The van der Waals surface area contributed by atoms with E-state index in [4.69, 9.17) is 55.7 Å². The minimum atomic E-state index is -3.69. The smallest absolute Gasteiger partial charge is 0.305 e. The van der Waals surface area contributed by atoms with Crippen molar-refractivity contribution in [3.05, 3.63) is 310 Å². The largest absolute Gasteiger partial charge is 0.497 e. The summed E-state index contributed by atoms with van der Waals surface area (Å²) in [5.41, 5.74) is 21.7. The maximum Gasteiger partial charge on any atom is 0.305 e. The predicted molar refractivity (Wildman–Crippen MR) is 495 cm³/mol. The SMILES string of the molecule is COc1ccc(N(C(C)C(=O)N/N=C/c2ccco2)S(C)(=O)=O)cc1.Cc1cc(C(=O)N/N=C/c2ccco2)n[nH]1.Cc1ccc(/C=N/NC(=O)c2cc(C)oc2C)o1.NC(=S)N/N=C/c1ccco1.O=C(CNC(=O)c1ccccc1)N/N=C/c1ccco1.O=C(COc1ccc2ccccc2c1Br)N/N=C/c1ccco1.O=C(O)CC1S/C(=N/N=C/c2ccco2)NC1=O. The monoisotopic (exact) mass is 1910 g/mol. The van der Waals surface area contributed by atoms with Crippen LogP contribution in [0, 0.1) is 27.7 Å². The number of hydrazone groups is 6. The number of ether oxygens (including phenoxy) is 2. The number of aromatic nitrogens is 2. The van der Waals surface area contributed by atoms with Gasteiger partial charge < -0.3 is 66.3 Å². The maximum absolute atomic E-state index is 12.3. The topological polar surface area (TPSA) is 568 Å². The molecule has 2 atom stereocenters. The summed E-state index contributed by atoms with van der Waals surface area (Å²) in [4.78, 5) is 92.2. The van der Waals surface area contributed by atoms with Crippen LogP contribution in [0.15, 0.2) is 306 Å². The number of carboxylic acids is 1. The molecule has 9 aromatic heterocycles. The summed E-state index contributed by atoms with van der Waals surface area (Å²) >= 11 is 9.07. The number of thioether (sulfide) groups is 1. The number of H-pyrrole nitrogens is 1. The Morgan fingerprint density at radius 1 is 0.595 bits per heavy atom. The molecule has 41 nitrogen and oxygen atoms in total. The van der Waals surface area contributed by atoms with E-state index < -0.39 is 39.1 Å². The molecule has 0 saturated carbocycles. The van der Waals surface area contributed by atoms with E-state index in [1.54, 1.807) is 160 Å². The van der Waals surface area contributed by atoms with Gasteiger partial charge in [-0.3, -0.25) is 53.2 Å². The van der Waals surface area contributed by atoms with Gasteiger partial charge >= 0.3 is 5.97 Å². The van der Waals surface area contributed by atoms with Gasteiger partial charge in [0.25, 0.3) is 35.4 Å². The predicted octanol–water partition coefficient (Wildman–Crippen LogP) is 11.2. The second-order valence-corrected chi connectivity index (χ2v) is 30.3. The second kappa shape index (κ2) is 53.1. The molecule has 13 aromatic rings. The van der Waals surface area contributed by atoms with E-state index in [1.165, 1.54) is 88.9 Å². The molecular formula is C86H85BrN20O21S3. The average Bonchev–Trinajstić information content (AvgIpc) is 1.80. The van der Waals surface area contributed by atoms with Crippen molar-refractivity contribution >= 4 is 167 Å². The number of furan rings is 8. The number of anilines is 1. The van der Waals surface area contributed by atoms with Crippen LogP contribution in [0.25, 0.3) is 10.8 Å². The van der Waals surface area contributed by atoms with Crippen molar-refractivity contribution in [3.8, 4) is 11.5 Å². The fourth-order valence-corrected chi connectivity index (χ4v) is 12.8. The lowest BCUT2D eigenvalue weighted by Gasteiger charge is -2.27. The van der Waals surface area contributed by atoms with Crippen LogP contribution in [0.3, 0.4) is 0 Å². The fraction of sp³-hybridized carbons (Fsp3) is 0.140. The number of halogens is 1. The number of nitrogens with two attached hydrogens (primary N) is 1. The number of rotatable bonds is 29. The zero-order chi connectivity index (χ0) is 94.3. The van der Waals surface area contributed by atoms with Gasteiger partial charge in [0.1, 0.15) is 80.4 Å². The molecule has 14 rings (SSSR count). The molecule has 680 valence electrons. The van der Waals surface area contributed by atoms with Crippen LogP contribution in [0.5, 0.6) is 11.5 Å². The minimum Gasteiger partial charge on any atom is -0.497 e. The molecule has 0 spiro atoms. The highest BCUT2D eigenvalue weighted by Crippen LogP contribution is 2.33. The quantitative estimate of drug-likeness (QED) is 0.0118. The lowest BCUT2D eigenvalue weighted by molar-refractivity contribution is -0.138. The van der Waals surface area contributed by atoms with Gasteiger partial charge in [0.15, 0.2) is 22.6 Å². The minimum absolute atomic E-state index is 0.132. The molecule has 4 aromatic carbocycles. The van der Waals surface area contributed by atoms with Crippen molar-refractivity contribution in [2.45, 2.75) is 52.3 Å². The molecule has 1 saturated heterocycles. The van der Waals surface area contributed by atoms with E-state index in [-0.39, 0.29) is 59.4 Å². The van der Waals surface area contributed by atoms with E-state index in [0.29, 0.717) is 85.8 Å². The van der Waals surface area contributed by atoms with Gasteiger partial charge in [0, 0.05) is 11.3 Å². The molecule has 12 N–H and O–H groups in total.